The molecule has 2 aliphatic carbocycles. The minimum absolute atomic E-state index is 0.0141. The Balaban J connectivity index is 2.26. The van der Waals surface area contributed by atoms with Crippen LogP contribution in [0.4, 0.5) is 0 Å². The number of hydrogen-bond donors (Lipinski definition) is 2. The smallest absolute Gasteiger partial charge is 0.311 e. The van der Waals surface area contributed by atoms with Crippen molar-refractivity contribution >= 4 is 5.97 Å². The molecular weight excluding hydrogens is 316 g/mol. The number of hydrogen-bond acceptors (Lipinski definition) is 4. The van der Waals surface area contributed by atoms with Gasteiger partial charge >= 0.3 is 5.97 Å². The van der Waals surface area contributed by atoms with E-state index in [2.05, 4.69) is 20.4 Å². The molecule has 0 heterocycles. The molecule has 0 aromatic carbocycles. The largest absolute Gasteiger partial charge is 0.469 e. The molecule has 25 heavy (non-hydrogen) atoms. The molecule has 4 atom stereocenters. The summed E-state index contributed by atoms with van der Waals surface area (Å²) < 4.78 is 5.17. The molecule has 4 nitrogen and oxygen atoms in total. The summed E-state index contributed by atoms with van der Waals surface area (Å²) in [7, 11) is 1.49. The van der Waals surface area contributed by atoms with Crippen molar-refractivity contribution < 1.29 is 19.7 Å². The zero-order chi connectivity index (χ0) is 18.7. The second-order valence-corrected chi connectivity index (χ2v) is 8.31. The Bertz CT molecular complexity index is 538. The monoisotopic (exact) mass is 350 g/mol. The van der Waals surface area contributed by atoms with Crippen LogP contribution < -0.4 is 0 Å². The highest BCUT2D eigenvalue weighted by molar-refractivity contribution is 5.77. The van der Waals surface area contributed by atoms with Gasteiger partial charge in [0.2, 0.25) is 0 Å². The van der Waals surface area contributed by atoms with Gasteiger partial charge in [0.05, 0.1) is 25.7 Å². The number of aliphatic hydroxyl groups excluding tert-OH is 2. The third-order valence-electron chi connectivity index (χ3n) is 7.01. The summed E-state index contributed by atoms with van der Waals surface area (Å²) >= 11 is 0. The van der Waals surface area contributed by atoms with Crippen LogP contribution in [0.2, 0.25) is 0 Å². The second kappa shape index (κ2) is 8.05. The van der Waals surface area contributed by atoms with Gasteiger partial charge in [-0.1, -0.05) is 31.6 Å². The van der Waals surface area contributed by atoms with Crippen molar-refractivity contribution in [2.24, 2.45) is 22.7 Å². The van der Waals surface area contributed by atoms with Gasteiger partial charge in [-0.2, -0.15) is 0 Å². The van der Waals surface area contributed by atoms with Gasteiger partial charge in [-0.15, -0.1) is 0 Å². The van der Waals surface area contributed by atoms with Crippen LogP contribution in [0, 0.1) is 22.7 Å². The summed E-state index contributed by atoms with van der Waals surface area (Å²) in [5.41, 5.74) is 1.78. The fraction of sp³-hybridized carbons (Fsp3) is 0.762. The molecule has 0 aliphatic heterocycles. The van der Waals surface area contributed by atoms with E-state index in [1.54, 1.807) is 6.08 Å². The number of carbonyl (C=O) groups is 1. The third kappa shape index (κ3) is 3.70. The zero-order valence-electron chi connectivity index (χ0n) is 16.0. The van der Waals surface area contributed by atoms with Crippen molar-refractivity contribution in [2.45, 2.75) is 58.8 Å². The summed E-state index contributed by atoms with van der Waals surface area (Å²) in [6.45, 7) is 8.69. The average molecular weight is 350 g/mol. The summed E-state index contributed by atoms with van der Waals surface area (Å²) in [6, 6.07) is 0. The van der Waals surface area contributed by atoms with Crippen LogP contribution >= 0.6 is 0 Å². The Morgan fingerprint density at radius 2 is 2.08 bits per heavy atom. The van der Waals surface area contributed by atoms with E-state index >= 15 is 0 Å². The Morgan fingerprint density at radius 1 is 1.36 bits per heavy atom. The molecule has 0 spiro atoms. The van der Waals surface area contributed by atoms with Gasteiger partial charge < -0.3 is 14.9 Å². The molecule has 0 bridgehead atoms. The topological polar surface area (TPSA) is 66.8 Å². The predicted molar refractivity (Wildman–Crippen MR) is 98.9 cm³/mol. The number of fused-ring (bicyclic) bond motifs is 1. The van der Waals surface area contributed by atoms with Crippen molar-refractivity contribution in [1.29, 1.82) is 0 Å². The van der Waals surface area contributed by atoms with Crippen LogP contribution in [0.15, 0.2) is 23.8 Å². The van der Waals surface area contributed by atoms with Crippen LogP contribution in [0.25, 0.3) is 0 Å². The van der Waals surface area contributed by atoms with Crippen molar-refractivity contribution in [2.75, 3.05) is 20.3 Å². The Labute approximate surface area is 152 Å². The second-order valence-electron chi connectivity index (χ2n) is 8.31. The maximum atomic E-state index is 12.6. The first kappa shape index (κ1) is 20.2. The maximum absolute atomic E-state index is 12.6. The van der Waals surface area contributed by atoms with Gasteiger partial charge in [0.15, 0.2) is 0 Å². The minimum atomic E-state index is -0.415. The van der Waals surface area contributed by atoms with E-state index in [1.165, 1.54) is 12.7 Å². The molecule has 142 valence electrons. The fourth-order valence-corrected chi connectivity index (χ4v) is 5.66. The van der Waals surface area contributed by atoms with Crippen molar-refractivity contribution in [3.05, 3.63) is 23.8 Å². The van der Waals surface area contributed by atoms with E-state index < -0.39 is 5.41 Å². The standard InChI is InChI=1S/C21H34O4/c1-15-6-9-18-20(2,11-5-12-21(18,3)19(24)25-4)17(15)8-7-16(14-23)10-13-22/h10,17-18,22-23H,1,5-9,11-14H2,2-4H3/b16-10+/t17-,18+,20+,21-/m0/s1. The molecule has 0 amide bonds. The first-order chi connectivity index (χ1) is 11.8. The number of aliphatic hydroxyl groups is 2. The van der Waals surface area contributed by atoms with Crippen LogP contribution in [0.3, 0.4) is 0 Å². The highest BCUT2D eigenvalue weighted by Crippen LogP contribution is 2.62. The van der Waals surface area contributed by atoms with Crippen LogP contribution in [-0.4, -0.2) is 36.5 Å². The van der Waals surface area contributed by atoms with Gasteiger partial charge in [0.1, 0.15) is 0 Å². The lowest BCUT2D eigenvalue weighted by Gasteiger charge is -2.57. The van der Waals surface area contributed by atoms with Crippen LogP contribution in [0.5, 0.6) is 0 Å². The van der Waals surface area contributed by atoms with Gasteiger partial charge in [0.25, 0.3) is 0 Å². The lowest BCUT2D eigenvalue weighted by Crippen LogP contribution is -2.53. The number of esters is 1. The molecule has 4 heteroatoms. The number of allylic oxidation sites excluding steroid dienone is 1. The summed E-state index contributed by atoms with van der Waals surface area (Å²) in [5.74, 6) is 0.561. The normalized spacial score (nSPS) is 36.0. The van der Waals surface area contributed by atoms with E-state index in [0.29, 0.717) is 11.8 Å². The average Bonchev–Trinajstić information content (AvgIpc) is 2.59. The molecule has 0 saturated heterocycles. The fourth-order valence-electron chi connectivity index (χ4n) is 5.66. The summed E-state index contributed by atoms with van der Waals surface area (Å²) in [5, 5.41) is 18.6. The number of rotatable bonds is 6. The third-order valence-corrected chi connectivity index (χ3v) is 7.01. The number of methoxy groups -OCH3 is 1. The Hall–Kier alpha value is -1.13. The molecular formula is C21H34O4. The van der Waals surface area contributed by atoms with Gasteiger partial charge in [-0.05, 0) is 68.3 Å². The van der Waals surface area contributed by atoms with E-state index in [-0.39, 0.29) is 24.6 Å². The van der Waals surface area contributed by atoms with E-state index in [4.69, 9.17) is 9.84 Å². The highest BCUT2D eigenvalue weighted by atomic mass is 16.5. The van der Waals surface area contributed by atoms with E-state index in [0.717, 1.165) is 50.5 Å². The predicted octanol–water partition coefficient (Wildman–Crippen LogP) is 3.63. The zero-order valence-corrected chi connectivity index (χ0v) is 16.0. The highest BCUT2D eigenvalue weighted by Gasteiger charge is 2.57. The quantitative estimate of drug-likeness (QED) is 0.567. The molecule has 0 aromatic heterocycles. The molecule has 0 unspecified atom stereocenters. The molecule has 2 aliphatic rings. The number of carbonyl (C=O) groups excluding carboxylic acids is 1. The van der Waals surface area contributed by atoms with E-state index in [9.17, 15) is 9.90 Å². The molecule has 0 radical (unpaired) electrons. The molecule has 0 aromatic rings. The lowest BCUT2D eigenvalue weighted by molar-refractivity contribution is -0.168. The van der Waals surface area contributed by atoms with Crippen molar-refractivity contribution in [3.63, 3.8) is 0 Å². The van der Waals surface area contributed by atoms with Crippen LogP contribution in [-0.2, 0) is 9.53 Å². The Morgan fingerprint density at radius 3 is 2.68 bits per heavy atom. The summed E-state index contributed by atoms with van der Waals surface area (Å²) in [4.78, 5) is 12.6. The first-order valence-electron chi connectivity index (χ1n) is 9.49. The minimum Gasteiger partial charge on any atom is -0.469 e. The molecule has 2 N–H and O–H groups in total. The molecule has 2 fully saturated rings. The van der Waals surface area contributed by atoms with Crippen LogP contribution in [0.1, 0.15) is 58.8 Å². The molecule has 2 saturated carbocycles. The Kier molecular flexibility index (Phi) is 6.50. The SMILES string of the molecule is C=C1CC[C@@H]2[C@](C)(CCC[C@]2(C)C(=O)OC)[C@H]1CC/C(=C\CO)CO. The lowest BCUT2D eigenvalue weighted by atomic mass is 9.46. The maximum Gasteiger partial charge on any atom is 0.311 e. The van der Waals surface area contributed by atoms with Crippen molar-refractivity contribution in [1.82, 2.24) is 0 Å². The number of ether oxygens (including phenoxy) is 1. The van der Waals surface area contributed by atoms with Gasteiger partial charge in [-0.3, -0.25) is 4.79 Å². The van der Waals surface area contributed by atoms with Gasteiger partial charge in [0, 0.05) is 0 Å². The van der Waals surface area contributed by atoms with E-state index in [1.807, 2.05) is 0 Å². The van der Waals surface area contributed by atoms with Gasteiger partial charge in [-0.25, -0.2) is 0 Å². The first-order valence-corrected chi connectivity index (χ1v) is 9.49. The summed E-state index contributed by atoms with van der Waals surface area (Å²) in [6.07, 6.45) is 8.35. The van der Waals surface area contributed by atoms with Crippen molar-refractivity contribution in [3.8, 4) is 0 Å². The molecule has 2 rings (SSSR count).